The van der Waals surface area contributed by atoms with Crippen molar-refractivity contribution in [2.45, 2.75) is 43.8 Å². The van der Waals surface area contributed by atoms with E-state index in [9.17, 15) is 4.79 Å². The van der Waals surface area contributed by atoms with Gasteiger partial charge >= 0.3 is 0 Å². The standard InChI is InChI=1S/C22H26N4O2S/c27-20(23-14-17-8-3-1-4-9-17)16-29-22-25-24-21(19-12-7-13-28-19)26(22)15-18-10-5-2-6-11-18/h2,5-7,10-13,17H,1,3-4,8-9,14-16H2,(H,23,27). The van der Waals surface area contributed by atoms with E-state index >= 15 is 0 Å². The molecule has 0 spiro atoms. The summed E-state index contributed by atoms with van der Waals surface area (Å²) in [6, 6.07) is 13.9. The Morgan fingerprint density at radius 3 is 2.69 bits per heavy atom. The lowest BCUT2D eigenvalue weighted by Crippen LogP contribution is -2.31. The van der Waals surface area contributed by atoms with Crippen LogP contribution in [-0.4, -0.2) is 33.0 Å². The van der Waals surface area contributed by atoms with Crippen LogP contribution in [0, 0.1) is 5.92 Å². The molecule has 0 atom stereocenters. The highest BCUT2D eigenvalue weighted by Gasteiger charge is 2.18. The third kappa shape index (κ3) is 5.29. The van der Waals surface area contributed by atoms with Gasteiger partial charge in [0.1, 0.15) is 0 Å². The quantitative estimate of drug-likeness (QED) is 0.558. The number of rotatable bonds is 8. The molecule has 3 aromatic rings. The van der Waals surface area contributed by atoms with Gasteiger partial charge in [0.25, 0.3) is 0 Å². The predicted molar refractivity (Wildman–Crippen MR) is 114 cm³/mol. The summed E-state index contributed by atoms with van der Waals surface area (Å²) in [5.41, 5.74) is 1.14. The van der Waals surface area contributed by atoms with Crippen LogP contribution in [0.1, 0.15) is 37.7 Å². The summed E-state index contributed by atoms with van der Waals surface area (Å²) in [5.74, 6) is 2.35. The van der Waals surface area contributed by atoms with Crippen molar-refractivity contribution >= 4 is 17.7 Å². The summed E-state index contributed by atoms with van der Waals surface area (Å²) in [6.45, 7) is 1.41. The second kappa shape index (κ2) is 9.78. The number of hydrogen-bond donors (Lipinski definition) is 1. The first-order chi connectivity index (χ1) is 14.3. The molecule has 1 N–H and O–H groups in total. The monoisotopic (exact) mass is 410 g/mol. The fraction of sp³-hybridized carbons (Fsp3) is 0.409. The van der Waals surface area contributed by atoms with Gasteiger partial charge in [-0.15, -0.1) is 10.2 Å². The molecule has 1 amide bonds. The number of nitrogens with zero attached hydrogens (tertiary/aromatic N) is 3. The van der Waals surface area contributed by atoms with Crippen molar-refractivity contribution in [3.05, 3.63) is 54.3 Å². The van der Waals surface area contributed by atoms with E-state index in [0.29, 0.717) is 35.0 Å². The maximum Gasteiger partial charge on any atom is 0.230 e. The number of thioether (sulfide) groups is 1. The zero-order valence-corrected chi connectivity index (χ0v) is 17.2. The predicted octanol–water partition coefficient (Wildman–Crippen LogP) is 4.38. The average molecular weight is 411 g/mol. The van der Waals surface area contributed by atoms with Gasteiger partial charge in [-0.25, -0.2) is 0 Å². The fourth-order valence-electron chi connectivity index (χ4n) is 3.72. The van der Waals surface area contributed by atoms with E-state index in [1.807, 2.05) is 34.9 Å². The Labute approximate surface area is 175 Å². The summed E-state index contributed by atoms with van der Waals surface area (Å²) < 4.78 is 7.54. The van der Waals surface area contributed by atoms with Crippen LogP contribution in [0.25, 0.3) is 11.6 Å². The highest BCUT2D eigenvalue weighted by molar-refractivity contribution is 7.99. The molecule has 2 heterocycles. The molecular weight excluding hydrogens is 384 g/mol. The molecule has 2 aromatic heterocycles. The van der Waals surface area contributed by atoms with Gasteiger partial charge in [0.2, 0.25) is 11.7 Å². The molecule has 0 radical (unpaired) electrons. The third-order valence-electron chi connectivity index (χ3n) is 5.29. The number of furan rings is 1. The lowest BCUT2D eigenvalue weighted by Gasteiger charge is -2.21. The molecule has 0 aliphatic heterocycles. The summed E-state index contributed by atoms with van der Waals surface area (Å²) in [6.07, 6.45) is 7.98. The molecule has 1 aromatic carbocycles. The van der Waals surface area contributed by atoms with Gasteiger partial charge in [-0.05, 0) is 36.5 Å². The van der Waals surface area contributed by atoms with Gasteiger partial charge in [-0.1, -0.05) is 61.4 Å². The first-order valence-corrected chi connectivity index (χ1v) is 11.2. The van der Waals surface area contributed by atoms with E-state index in [-0.39, 0.29) is 5.91 Å². The van der Waals surface area contributed by atoms with Crippen molar-refractivity contribution in [3.63, 3.8) is 0 Å². The smallest absolute Gasteiger partial charge is 0.230 e. The van der Waals surface area contributed by atoms with Crippen LogP contribution in [0.5, 0.6) is 0 Å². The molecule has 4 rings (SSSR count). The molecular formula is C22H26N4O2S. The number of amides is 1. The zero-order valence-electron chi connectivity index (χ0n) is 16.4. The van der Waals surface area contributed by atoms with Crippen LogP contribution in [0.3, 0.4) is 0 Å². The topological polar surface area (TPSA) is 73.0 Å². The van der Waals surface area contributed by atoms with Crippen LogP contribution in [-0.2, 0) is 11.3 Å². The number of aromatic nitrogens is 3. The molecule has 1 aliphatic rings. The third-order valence-corrected chi connectivity index (χ3v) is 6.25. The maximum atomic E-state index is 12.4. The van der Waals surface area contributed by atoms with Gasteiger partial charge in [0.05, 0.1) is 18.6 Å². The lowest BCUT2D eigenvalue weighted by molar-refractivity contribution is -0.118. The van der Waals surface area contributed by atoms with Gasteiger partial charge < -0.3 is 9.73 Å². The maximum absolute atomic E-state index is 12.4. The molecule has 29 heavy (non-hydrogen) atoms. The van der Waals surface area contributed by atoms with Gasteiger partial charge in [0.15, 0.2) is 10.9 Å². The molecule has 0 bridgehead atoms. The molecule has 1 fully saturated rings. The van der Waals surface area contributed by atoms with E-state index in [2.05, 4.69) is 27.6 Å². The highest BCUT2D eigenvalue weighted by Crippen LogP contribution is 2.26. The van der Waals surface area contributed by atoms with Crippen LogP contribution >= 0.6 is 11.8 Å². The second-order valence-electron chi connectivity index (χ2n) is 7.45. The van der Waals surface area contributed by atoms with Gasteiger partial charge in [-0.3, -0.25) is 9.36 Å². The van der Waals surface area contributed by atoms with Crippen LogP contribution in [0.4, 0.5) is 0 Å². The zero-order chi connectivity index (χ0) is 19.9. The summed E-state index contributed by atoms with van der Waals surface area (Å²) >= 11 is 1.41. The molecule has 0 saturated heterocycles. The Morgan fingerprint density at radius 2 is 1.93 bits per heavy atom. The first kappa shape index (κ1) is 19.8. The van der Waals surface area contributed by atoms with Crippen molar-refractivity contribution in [2.75, 3.05) is 12.3 Å². The molecule has 1 saturated carbocycles. The van der Waals surface area contributed by atoms with Crippen LogP contribution < -0.4 is 5.32 Å². The highest BCUT2D eigenvalue weighted by atomic mass is 32.2. The Hall–Kier alpha value is -2.54. The number of benzene rings is 1. The molecule has 152 valence electrons. The lowest BCUT2D eigenvalue weighted by atomic mass is 9.89. The number of nitrogens with one attached hydrogen (secondary N) is 1. The van der Waals surface area contributed by atoms with Crippen molar-refractivity contribution in [1.82, 2.24) is 20.1 Å². The number of carbonyl (C=O) groups is 1. The van der Waals surface area contributed by atoms with Gasteiger partial charge in [0, 0.05) is 6.54 Å². The Balaban J connectivity index is 1.41. The van der Waals surface area contributed by atoms with Crippen molar-refractivity contribution in [1.29, 1.82) is 0 Å². The Morgan fingerprint density at radius 1 is 1.10 bits per heavy atom. The summed E-state index contributed by atoms with van der Waals surface area (Å²) in [5, 5.41) is 12.5. The number of hydrogen-bond acceptors (Lipinski definition) is 5. The number of carbonyl (C=O) groups excluding carboxylic acids is 1. The molecule has 1 aliphatic carbocycles. The Kier molecular flexibility index (Phi) is 6.67. The van der Waals surface area contributed by atoms with Crippen LogP contribution in [0.15, 0.2) is 58.3 Å². The largest absolute Gasteiger partial charge is 0.461 e. The first-order valence-electron chi connectivity index (χ1n) is 10.2. The SMILES string of the molecule is O=C(CSc1nnc(-c2ccco2)n1Cc1ccccc1)NCC1CCCCC1. The molecule has 6 nitrogen and oxygen atoms in total. The van der Waals surface area contributed by atoms with E-state index in [1.165, 1.54) is 43.9 Å². The second-order valence-corrected chi connectivity index (χ2v) is 8.39. The Bertz CT molecular complexity index is 902. The van der Waals surface area contributed by atoms with E-state index in [4.69, 9.17) is 4.42 Å². The molecule has 0 unspecified atom stereocenters. The van der Waals surface area contributed by atoms with Crippen molar-refractivity contribution in [3.8, 4) is 11.6 Å². The average Bonchev–Trinajstić information content (AvgIpc) is 3.42. The normalized spacial score (nSPS) is 14.8. The minimum Gasteiger partial charge on any atom is -0.461 e. The fourth-order valence-corrected chi connectivity index (χ4v) is 4.49. The van der Waals surface area contributed by atoms with Crippen molar-refractivity contribution < 1.29 is 9.21 Å². The minimum atomic E-state index is 0.0504. The van der Waals surface area contributed by atoms with Gasteiger partial charge in [-0.2, -0.15) is 0 Å². The van der Waals surface area contributed by atoms with E-state index < -0.39 is 0 Å². The van der Waals surface area contributed by atoms with Crippen LogP contribution in [0.2, 0.25) is 0 Å². The summed E-state index contributed by atoms with van der Waals surface area (Å²) in [4.78, 5) is 12.4. The van der Waals surface area contributed by atoms with Crippen molar-refractivity contribution in [2.24, 2.45) is 5.92 Å². The van der Waals surface area contributed by atoms with E-state index in [1.54, 1.807) is 6.26 Å². The summed E-state index contributed by atoms with van der Waals surface area (Å²) in [7, 11) is 0. The van der Waals surface area contributed by atoms with E-state index in [0.717, 1.165) is 12.1 Å². The minimum absolute atomic E-state index is 0.0504. The molecule has 7 heteroatoms.